The molecule has 1 aliphatic rings. The fourth-order valence-electron chi connectivity index (χ4n) is 5.17. The highest BCUT2D eigenvalue weighted by Crippen LogP contribution is 2.39. The van der Waals surface area contributed by atoms with Gasteiger partial charge in [0, 0.05) is 23.4 Å². The molecule has 3 aromatic carbocycles. The number of anilines is 1. The summed E-state index contributed by atoms with van der Waals surface area (Å²) < 4.78 is 2.07. The van der Waals surface area contributed by atoms with Crippen molar-refractivity contribution in [1.29, 1.82) is 0 Å². The van der Waals surface area contributed by atoms with Gasteiger partial charge in [0.2, 0.25) is 0 Å². The lowest BCUT2D eigenvalue weighted by atomic mass is 9.86. The average molecular weight is 480 g/mol. The van der Waals surface area contributed by atoms with Gasteiger partial charge in [-0.25, -0.2) is 9.48 Å². The normalized spacial score (nSPS) is 13.2. The Bertz CT molecular complexity index is 1450. The molecule has 2 heterocycles. The predicted molar refractivity (Wildman–Crippen MR) is 145 cm³/mol. The maximum Gasteiger partial charge on any atom is 0.335 e. The van der Waals surface area contributed by atoms with Gasteiger partial charge in [-0.2, -0.15) is 5.10 Å². The number of aromatic carboxylic acids is 1. The first-order valence-electron chi connectivity index (χ1n) is 12.4. The number of fused-ring (bicyclic) bond motifs is 1. The third kappa shape index (κ3) is 4.09. The van der Waals surface area contributed by atoms with Crippen molar-refractivity contribution in [2.45, 2.75) is 60.0 Å². The molecule has 36 heavy (non-hydrogen) atoms. The Balaban J connectivity index is 1.64. The Morgan fingerprint density at radius 1 is 0.889 bits per heavy atom. The minimum Gasteiger partial charge on any atom is -0.478 e. The standard InChI is InChI=1S/C31H33N3O2/c1-19-10-15-24(31(4,5)6)16-27(19)33-17-25-26(18-33)32-34(28-20(2)8-7-9-21(28)3)29(25)22-11-13-23(14-12-22)30(35)36/h7-16H,17-18H2,1-6H3,(H,35,36). The third-order valence-electron chi connectivity index (χ3n) is 7.23. The van der Waals surface area contributed by atoms with Crippen LogP contribution in [0.2, 0.25) is 0 Å². The zero-order valence-corrected chi connectivity index (χ0v) is 21.9. The molecule has 184 valence electrons. The van der Waals surface area contributed by atoms with Crippen molar-refractivity contribution in [2.24, 2.45) is 0 Å². The van der Waals surface area contributed by atoms with Crippen LogP contribution in [0, 0.1) is 20.8 Å². The van der Waals surface area contributed by atoms with E-state index in [-0.39, 0.29) is 11.0 Å². The summed E-state index contributed by atoms with van der Waals surface area (Å²) in [5.74, 6) is -0.921. The number of para-hydroxylation sites is 1. The molecule has 5 heteroatoms. The van der Waals surface area contributed by atoms with E-state index in [2.05, 4.69) is 87.5 Å². The second-order valence-corrected chi connectivity index (χ2v) is 10.9. The molecule has 0 spiro atoms. The Morgan fingerprint density at radius 3 is 2.17 bits per heavy atom. The number of carboxylic acids is 1. The van der Waals surface area contributed by atoms with Crippen LogP contribution in [0.5, 0.6) is 0 Å². The molecule has 1 aromatic heterocycles. The zero-order valence-electron chi connectivity index (χ0n) is 21.9. The van der Waals surface area contributed by atoms with Crippen LogP contribution in [0.4, 0.5) is 5.69 Å². The Morgan fingerprint density at radius 2 is 1.56 bits per heavy atom. The van der Waals surface area contributed by atoms with E-state index in [1.807, 2.05) is 12.1 Å². The Kier molecular flexibility index (Phi) is 5.74. The van der Waals surface area contributed by atoms with E-state index in [0.717, 1.165) is 46.9 Å². The number of hydrogen-bond acceptors (Lipinski definition) is 3. The summed E-state index contributed by atoms with van der Waals surface area (Å²) >= 11 is 0. The number of carbonyl (C=O) groups is 1. The van der Waals surface area contributed by atoms with Crippen LogP contribution >= 0.6 is 0 Å². The molecule has 0 saturated carbocycles. The molecule has 0 aliphatic carbocycles. The molecular weight excluding hydrogens is 446 g/mol. The second kappa shape index (κ2) is 8.66. The first-order valence-corrected chi connectivity index (χ1v) is 12.4. The molecule has 4 aromatic rings. The molecule has 0 unspecified atom stereocenters. The predicted octanol–water partition coefficient (Wildman–Crippen LogP) is 6.98. The molecule has 0 amide bonds. The first kappa shape index (κ1) is 23.9. The molecule has 5 nitrogen and oxygen atoms in total. The number of hydrogen-bond donors (Lipinski definition) is 1. The van der Waals surface area contributed by atoms with E-state index >= 15 is 0 Å². The molecule has 1 aliphatic heterocycles. The third-order valence-corrected chi connectivity index (χ3v) is 7.23. The van der Waals surface area contributed by atoms with Crippen molar-refractivity contribution in [3.05, 3.63) is 99.7 Å². The van der Waals surface area contributed by atoms with Crippen molar-refractivity contribution < 1.29 is 9.90 Å². The van der Waals surface area contributed by atoms with E-state index in [9.17, 15) is 9.90 Å². The van der Waals surface area contributed by atoms with Gasteiger partial charge in [0.25, 0.3) is 0 Å². The monoisotopic (exact) mass is 479 g/mol. The topological polar surface area (TPSA) is 58.4 Å². The van der Waals surface area contributed by atoms with Gasteiger partial charge in [-0.1, -0.05) is 63.2 Å². The number of aromatic nitrogens is 2. The summed E-state index contributed by atoms with van der Waals surface area (Å²) in [6, 6.07) is 20.2. The van der Waals surface area contributed by atoms with Crippen LogP contribution in [0.3, 0.4) is 0 Å². The van der Waals surface area contributed by atoms with E-state index in [4.69, 9.17) is 5.10 Å². The minimum absolute atomic E-state index is 0.0744. The van der Waals surface area contributed by atoms with Gasteiger partial charge in [-0.3, -0.25) is 0 Å². The van der Waals surface area contributed by atoms with Crippen LogP contribution < -0.4 is 4.90 Å². The Labute approximate surface area is 213 Å². The van der Waals surface area contributed by atoms with Gasteiger partial charge in [0.1, 0.15) is 0 Å². The van der Waals surface area contributed by atoms with Crippen LogP contribution in [-0.2, 0) is 18.5 Å². The number of rotatable bonds is 4. The fourth-order valence-corrected chi connectivity index (χ4v) is 5.17. The molecule has 0 fully saturated rings. The molecular formula is C31H33N3O2. The lowest BCUT2D eigenvalue weighted by Gasteiger charge is -2.26. The van der Waals surface area contributed by atoms with Gasteiger partial charge in [-0.15, -0.1) is 0 Å². The number of benzene rings is 3. The molecule has 0 radical (unpaired) electrons. The molecule has 0 atom stereocenters. The highest BCUT2D eigenvalue weighted by Gasteiger charge is 2.31. The van der Waals surface area contributed by atoms with E-state index in [1.54, 1.807) is 12.1 Å². The van der Waals surface area contributed by atoms with Crippen molar-refractivity contribution in [3.8, 4) is 16.9 Å². The summed E-state index contributed by atoms with van der Waals surface area (Å²) in [5, 5.41) is 14.6. The van der Waals surface area contributed by atoms with Gasteiger partial charge in [-0.05, 0) is 66.6 Å². The maximum atomic E-state index is 11.5. The number of carboxylic acid groups (broad SMARTS) is 1. The van der Waals surface area contributed by atoms with Gasteiger partial charge in [0.05, 0.1) is 29.2 Å². The highest BCUT2D eigenvalue weighted by molar-refractivity contribution is 5.88. The lowest BCUT2D eigenvalue weighted by molar-refractivity contribution is 0.0697. The van der Waals surface area contributed by atoms with Crippen molar-refractivity contribution in [3.63, 3.8) is 0 Å². The van der Waals surface area contributed by atoms with Crippen molar-refractivity contribution in [1.82, 2.24) is 9.78 Å². The lowest BCUT2D eigenvalue weighted by Crippen LogP contribution is -2.19. The summed E-state index contributed by atoms with van der Waals surface area (Å²) in [7, 11) is 0. The zero-order chi connectivity index (χ0) is 25.8. The largest absolute Gasteiger partial charge is 0.478 e. The fraction of sp³-hybridized carbons (Fsp3) is 0.290. The number of nitrogens with zero attached hydrogens (tertiary/aromatic N) is 3. The van der Waals surface area contributed by atoms with Crippen LogP contribution in [0.1, 0.15) is 64.6 Å². The van der Waals surface area contributed by atoms with E-state index < -0.39 is 5.97 Å². The SMILES string of the molecule is Cc1ccc(C(C)(C)C)cc1N1Cc2nn(-c3c(C)cccc3C)c(-c3ccc(C(=O)O)cc3)c2C1. The quantitative estimate of drug-likeness (QED) is 0.343. The van der Waals surface area contributed by atoms with Gasteiger partial charge >= 0.3 is 5.97 Å². The maximum absolute atomic E-state index is 11.5. The first-order chi connectivity index (χ1) is 17.0. The highest BCUT2D eigenvalue weighted by atomic mass is 16.4. The smallest absolute Gasteiger partial charge is 0.335 e. The second-order valence-electron chi connectivity index (χ2n) is 10.9. The molecule has 5 rings (SSSR count). The number of aryl methyl sites for hydroxylation is 3. The molecule has 0 saturated heterocycles. The van der Waals surface area contributed by atoms with Crippen molar-refractivity contribution >= 4 is 11.7 Å². The summed E-state index contributed by atoms with van der Waals surface area (Å²) in [6.07, 6.45) is 0. The van der Waals surface area contributed by atoms with Crippen molar-refractivity contribution in [2.75, 3.05) is 4.90 Å². The summed E-state index contributed by atoms with van der Waals surface area (Å²) in [5.41, 5.74) is 11.8. The summed E-state index contributed by atoms with van der Waals surface area (Å²) in [4.78, 5) is 13.9. The summed E-state index contributed by atoms with van der Waals surface area (Å²) in [6.45, 7) is 14.6. The Hall–Kier alpha value is -3.86. The average Bonchev–Trinajstić information content (AvgIpc) is 3.36. The van der Waals surface area contributed by atoms with Gasteiger partial charge in [0.15, 0.2) is 0 Å². The van der Waals surface area contributed by atoms with E-state index in [0.29, 0.717) is 0 Å². The van der Waals surface area contributed by atoms with Crippen LogP contribution in [0.25, 0.3) is 16.9 Å². The van der Waals surface area contributed by atoms with Gasteiger partial charge < -0.3 is 10.0 Å². The minimum atomic E-state index is -0.921. The molecule has 1 N–H and O–H groups in total. The van der Waals surface area contributed by atoms with Crippen LogP contribution in [0.15, 0.2) is 60.7 Å². The van der Waals surface area contributed by atoms with Crippen LogP contribution in [-0.4, -0.2) is 20.9 Å². The molecule has 0 bridgehead atoms. The van der Waals surface area contributed by atoms with E-state index in [1.165, 1.54) is 22.4 Å².